The zero-order valence-electron chi connectivity index (χ0n) is 11.1. The number of aryl methyl sites for hydroxylation is 1. The maximum Gasteiger partial charge on any atom is 0.253 e. The summed E-state index contributed by atoms with van der Waals surface area (Å²) in [7, 11) is -4.20. The van der Waals surface area contributed by atoms with Crippen LogP contribution in [0.4, 0.5) is 8.78 Å². The second-order valence-electron chi connectivity index (χ2n) is 4.05. The Hall–Kier alpha value is -0.950. The molecule has 13 heteroatoms. The number of nitrogens with two attached hydrogens (primary N) is 1. The van der Waals surface area contributed by atoms with Crippen molar-refractivity contribution in [3.05, 3.63) is 17.2 Å². The third-order valence-corrected chi connectivity index (χ3v) is 5.69. The van der Waals surface area contributed by atoms with E-state index in [2.05, 4.69) is 18.7 Å². The average molecular weight is 410 g/mol. The largest absolute Gasteiger partial charge is 0.312 e. The Kier molecular flexibility index (Phi) is 5.51. The number of fused-ring (bicyclic) bond motifs is 1. The quantitative estimate of drug-likeness (QED) is 0.580. The molecule has 0 spiro atoms. The van der Waals surface area contributed by atoms with Crippen molar-refractivity contribution in [2.45, 2.75) is 17.6 Å². The molecule has 0 saturated heterocycles. The van der Waals surface area contributed by atoms with Crippen LogP contribution in [0.3, 0.4) is 0 Å². The van der Waals surface area contributed by atoms with Gasteiger partial charge in [0.15, 0.2) is 11.6 Å². The Bertz CT molecular complexity index is 857. The van der Waals surface area contributed by atoms with Crippen molar-refractivity contribution in [1.82, 2.24) is 0 Å². The lowest BCUT2D eigenvalue weighted by atomic mass is 10.1. The zero-order chi connectivity index (χ0) is 17.4. The van der Waals surface area contributed by atoms with E-state index in [0.29, 0.717) is 11.3 Å². The number of hydrogen-bond acceptors (Lipinski definition) is 7. The fraction of sp³-hybridized carbons (Fsp3) is 0.200. The van der Waals surface area contributed by atoms with E-state index in [1.807, 2.05) is 0 Å². The SMILES string of the molecule is CCc1c(S(N)(=O)=O)sc2c(F)c(OOCl)c(OOCl)c(F)c12. The fourth-order valence-corrected chi connectivity index (χ4v) is 4.49. The van der Waals surface area contributed by atoms with Gasteiger partial charge in [-0.25, -0.2) is 22.3 Å². The van der Waals surface area contributed by atoms with Gasteiger partial charge in [0.05, 0.1) is 4.70 Å². The molecule has 23 heavy (non-hydrogen) atoms. The molecule has 2 N–H and O–H groups in total. The standard InChI is InChI=1S/C10H7Cl2F2NO6S2/c1-2-3-4-5(13)7(18-20-11)8(19-21-12)6(14)9(4)22-10(3)23(15,16)17/h2H2,1H3,(H2,15,16,17). The Balaban J connectivity index is 2.98. The van der Waals surface area contributed by atoms with Crippen LogP contribution in [0.15, 0.2) is 4.21 Å². The molecule has 0 aliphatic rings. The molecule has 2 aromatic rings. The number of benzene rings is 1. The zero-order valence-corrected chi connectivity index (χ0v) is 14.2. The molecule has 0 fully saturated rings. The van der Waals surface area contributed by atoms with Crippen LogP contribution in [-0.2, 0) is 25.3 Å². The van der Waals surface area contributed by atoms with Gasteiger partial charge in [0.1, 0.15) is 27.9 Å². The molecule has 0 saturated carbocycles. The van der Waals surface area contributed by atoms with E-state index in [1.54, 1.807) is 6.92 Å². The molecule has 7 nitrogen and oxygen atoms in total. The van der Waals surface area contributed by atoms with Crippen molar-refractivity contribution in [2.75, 3.05) is 0 Å². The molecule has 2 rings (SSSR count). The predicted molar refractivity (Wildman–Crippen MR) is 77.6 cm³/mol. The second kappa shape index (κ2) is 6.89. The van der Waals surface area contributed by atoms with Gasteiger partial charge in [-0.2, -0.15) is 0 Å². The molecule has 0 aliphatic heterocycles. The molecule has 0 unspecified atom stereocenters. The van der Waals surface area contributed by atoms with Crippen LogP contribution in [0.25, 0.3) is 10.1 Å². The van der Waals surface area contributed by atoms with E-state index in [4.69, 9.17) is 28.9 Å². The first-order chi connectivity index (χ1) is 10.8. The number of rotatable bonds is 6. The second-order valence-corrected chi connectivity index (χ2v) is 7.08. The fourth-order valence-electron chi connectivity index (χ4n) is 2.01. The van der Waals surface area contributed by atoms with E-state index < -0.39 is 37.4 Å². The van der Waals surface area contributed by atoms with Crippen molar-refractivity contribution in [2.24, 2.45) is 5.14 Å². The van der Waals surface area contributed by atoms with Gasteiger partial charge in [-0.1, -0.05) is 15.8 Å². The van der Waals surface area contributed by atoms with Crippen molar-refractivity contribution in [1.29, 1.82) is 0 Å². The van der Waals surface area contributed by atoms with E-state index >= 15 is 0 Å². The lowest BCUT2D eigenvalue weighted by molar-refractivity contribution is -0.124. The van der Waals surface area contributed by atoms with E-state index in [0.717, 1.165) is 0 Å². The molecular weight excluding hydrogens is 403 g/mol. The Morgan fingerprint density at radius 2 is 1.65 bits per heavy atom. The van der Waals surface area contributed by atoms with Gasteiger partial charge in [0, 0.05) is 5.39 Å². The lowest BCUT2D eigenvalue weighted by Crippen LogP contribution is -2.12. The summed E-state index contributed by atoms with van der Waals surface area (Å²) in [6, 6.07) is 0. The monoisotopic (exact) mass is 409 g/mol. The summed E-state index contributed by atoms with van der Waals surface area (Å²) in [5.41, 5.74) is -0.0262. The predicted octanol–water partition coefficient (Wildman–Crippen LogP) is 3.32. The molecule has 1 aromatic heterocycles. The maximum atomic E-state index is 14.6. The molecule has 0 bridgehead atoms. The minimum atomic E-state index is -4.20. The van der Waals surface area contributed by atoms with Gasteiger partial charge in [0.25, 0.3) is 11.5 Å². The third kappa shape index (κ3) is 3.18. The van der Waals surface area contributed by atoms with Gasteiger partial charge >= 0.3 is 0 Å². The van der Waals surface area contributed by atoms with E-state index in [-0.39, 0.29) is 22.1 Å². The van der Waals surface area contributed by atoms with Crippen LogP contribution >= 0.6 is 35.1 Å². The number of hydrogen-bond donors (Lipinski definition) is 1. The molecule has 1 aromatic carbocycles. The summed E-state index contributed by atoms with van der Waals surface area (Å²) < 4.78 is 59.2. The number of halogens is 4. The number of sulfonamides is 1. The molecule has 1 heterocycles. The van der Waals surface area contributed by atoms with Crippen LogP contribution in [0.1, 0.15) is 12.5 Å². The number of thiophene rings is 1. The smallest absolute Gasteiger partial charge is 0.253 e. The highest BCUT2D eigenvalue weighted by Crippen LogP contribution is 2.46. The van der Waals surface area contributed by atoms with Gasteiger partial charge in [-0.15, -0.1) is 11.3 Å². The van der Waals surface area contributed by atoms with Crippen LogP contribution in [-0.4, -0.2) is 8.42 Å². The highest BCUT2D eigenvalue weighted by atomic mass is 35.5. The molecule has 0 amide bonds. The van der Waals surface area contributed by atoms with Crippen LogP contribution in [0.2, 0.25) is 0 Å². The highest BCUT2D eigenvalue weighted by molar-refractivity contribution is 7.91. The maximum absolute atomic E-state index is 14.6. The molecule has 0 aliphatic carbocycles. The van der Waals surface area contributed by atoms with Gasteiger partial charge in [0.2, 0.25) is 10.0 Å². The first-order valence-electron chi connectivity index (χ1n) is 5.67. The highest BCUT2D eigenvalue weighted by Gasteiger charge is 2.31. The Morgan fingerprint density at radius 1 is 1.13 bits per heavy atom. The van der Waals surface area contributed by atoms with Gasteiger partial charge in [-0.05, 0) is 12.0 Å². The topological polar surface area (TPSA) is 97.1 Å². The number of primary sulfonamides is 1. The summed E-state index contributed by atoms with van der Waals surface area (Å²) in [6.45, 7) is 1.54. The minimum absolute atomic E-state index is 0.0262. The molecule has 0 atom stereocenters. The van der Waals surface area contributed by atoms with E-state index in [1.165, 1.54) is 0 Å². The third-order valence-electron chi connectivity index (χ3n) is 2.84. The van der Waals surface area contributed by atoms with Crippen molar-refractivity contribution in [3.8, 4) is 11.5 Å². The van der Waals surface area contributed by atoms with E-state index in [9.17, 15) is 17.2 Å². The summed E-state index contributed by atoms with van der Waals surface area (Å²) in [5.74, 6) is -4.22. The van der Waals surface area contributed by atoms with Crippen LogP contribution in [0, 0.1) is 11.6 Å². The molecular formula is C10H7Cl2F2NO6S2. The average Bonchev–Trinajstić information content (AvgIpc) is 2.88. The van der Waals surface area contributed by atoms with Gasteiger partial charge < -0.3 is 9.78 Å². The summed E-state index contributed by atoms with van der Waals surface area (Å²) in [5, 5.41) is 4.72. The normalized spacial score (nSPS) is 11.9. The van der Waals surface area contributed by atoms with Crippen LogP contribution < -0.4 is 14.9 Å². The first kappa shape index (κ1) is 18.4. The van der Waals surface area contributed by atoms with Crippen molar-refractivity contribution < 1.29 is 35.9 Å². The van der Waals surface area contributed by atoms with Crippen LogP contribution in [0.5, 0.6) is 11.5 Å². The summed E-state index contributed by atoms with van der Waals surface area (Å²) in [4.78, 5) is 8.60. The Morgan fingerprint density at radius 3 is 2.09 bits per heavy atom. The summed E-state index contributed by atoms with van der Waals surface area (Å²) in [6.07, 6.45) is 0.0511. The lowest BCUT2D eigenvalue weighted by Gasteiger charge is -2.09. The summed E-state index contributed by atoms with van der Waals surface area (Å²) >= 11 is 10.2. The Labute approximate surface area is 142 Å². The van der Waals surface area contributed by atoms with Gasteiger partial charge in [-0.3, -0.25) is 0 Å². The minimum Gasteiger partial charge on any atom is -0.312 e. The van der Waals surface area contributed by atoms with Crippen molar-refractivity contribution >= 4 is 55.2 Å². The van der Waals surface area contributed by atoms with Crippen molar-refractivity contribution in [3.63, 3.8) is 0 Å². The first-order valence-corrected chi connectivity index (χ1v) is 8.65. The molecule has 0 radical (unpaired) electrons. The molecule has 128 valence electrons.